The third-order valence-corrected chi connectivity index (χ3v) is 4.78. The van der Waals surface area contributed by atoms with Gasteiger partial charge in [0.15, 0.2) is 0 Å². The smallest absolute Gasteiger partial charge is 0.253 e. The van der Waals surface area contributed by atoms with Crippen molar-refractivity contribution in [1.29, 1.82) is 0 Å². The average Bonchev–Trinajstić information content (AvgIpc) is 3.08. The van der Waals surface area contributed by atoms with E-state index in [4.69, 9.17) is 0 Å². The van der Waals surface area contributed by atoms with Gasteiger partial charge < -0.3 is 15.3 Å². The number of aliphatic hydroxyl groups is 1. The highest BCUT2D eigenvalue weighted by Gasteiger charge is 2.24. The molecule has 0 aliphatic carbocycles. The highest BCUT2D eigenvalue weighted by Crippen LogP contribution is 2.22. The summed E-state index contributed by atoms with van der Waals surface area (Å²) < 4.78 is 1.78. The maximum Gasteiger partial charge on any atom is 0.253 e. The third kappa shape index (κ3) is 4.20. The molecule has 6 nitrogen and oxygen atoms in total. The van der Waals surface area contributed by atoms with Gasteiger partial charge in [0, 0.05) is 49.8 Å². The Labute approximate surface area is 148 Å². The van der Waals surface area contributed by atoms with Crippen LogP contribution in [0.5, 0.6) is 0 Å². The molecule has 6 heteroatoms. The second-order valence-electron chi connectivity index (χ2n) is 6.84. The number of aryl methyl sites for hydroxylation is 1. The zero-order chi connectivity index (χ0) is 17.8. The number of hydrogen-bond donors (Lipinski definition) is 2. The van der Waals surface area contributed by atoms with Crippen molar-refractivity contribution in [3.63, 3.8) is 0 Å². The summed E-state index contributed by atoms with van der Waals surface area (Å²) in [6.45, 7) is 3.62. The Bertz CT molecular complexity index is 728. The minimum absolute atomic E-state index is 0.0378. The van der Waals surface area contributed by atoms with Gasteiger partial charge in [-0.15, -0.1) is 0 Å². The van der Waals surface area contributed by atoms with Gasteiger partial charge in [-0.25, -0.2) is 0 Å². The predicted molar refractivity (Wildman–Crippen MR) is 97.4 cm³/mol. The van der Waals surface area contributed by atoms with Gasteiger partial charge in [-0.05, 0) is 43.9 Å². The average molecular weight is 342 g/mol. The highest BCUT2D eigenvalue weighted by molar-refractivity contribution is 5.95. The number of anilines is 1. The normalized spacial score (nSPS) is 18.8. The summed E-state index contributed by atoms with van der Waals surface area (Å²) in [5, 5.41) is 17.0. The van der Waals surface area contributed by atoms with Crippen LogP contribution in [0.2, 0.25) is 0 Å². The second-order valence-corrected chi connectivity index (χ2v) is 6.84. The van der Waals surface area contributed by atoms with Crippen LogP contribution >= 0.6 is 0 Å². The van der Waals surface area contributed by atoms with Gasteiger partial charge in [0.05, 0.1) is 12.2 Å². The predicted octanol–water partition coefficient (Wildman–Crippen LogP) is 2.44. The Morgan fingerprint density at radius 2 is 2.32 bits per heavy atom. The molecular formula is C19H26N4O2. The summed E-state index contributed by atoms with van der Waals surface area (Å²) in [4.78, 5) is 14.6. The number of amides is 1. The first-order valence-corrected chi connectivity index (χ1v) is 8.82. The lowest BCUT2D eigenvalue weighted by atomic mass is 9.98. The van der Waals surface area contributed by atoms with Crippen molar-refractivity contribution < 1.29 is 9.90 Å². The van der Waals surface area contributed by atoms with E-state index in [1.165, 1.54) is 0 Å². The number of likely N-dealkylation sites (tertiary alicyclic amines) is 1. The van der Waals surface area contributed by atoms with E-state index in [9.17, 15) is 9.90 Å². The van der Waals surface area contributed by atoms with Crippen LogP contribution in [0.15, 0.2) is 36.7 Å². The molecule has 25 heavy (non-hydrogen) atoms. The topological polar surface area (TPSA) is 70.4 Å². The second kappa shape index (κ2) is 7.70. The van der Waals surface area contributed by atoms with Crippen molar-refractivity contribution in [2.45, 2.75) is 25.8 Å². The molecule has 1 saturated heterocycles. The molecule has 3 rings (SSSR count). The van der Waals surface area contributed by atoms with Crippen molar-refractivity contribution in [3.8, 4) is 0 Å². The maximum absolute atomic E-state index is 12.8. The largest absolute Gasteiger partial charge is 0.396 e. The van der Waals surface area contributed by atoms with Gasteiger partial charge in [-0.1, -0.05) is 6.07 Å². The van der Waals surface area contributed by atoms with Gasteiger partial charge in [0.1, 0.15) is 0 Å². The number of carbonyl (C=O) groups excluding carboxylic acids is 1. The lowest BCUT2D eigenvalue weighted by molar-refractivity contribution is 0.0621. The van der Waals surface area contributed by atoms with E-state index in [1.54, 1.807) is 4.68 Å². The maximum atomic E-state index is 12.8. The molecule has 0 spiro atoms. The first-order valence-electron chi connectivity index (χ1n) is 8.82. The van der Waals surface area contributed by atoms with E-state index < -0.39 is 0 Å². The molecule has 1 aliphatic heterocycles. The SMILES string of the molecule is CC(Nc1cccc(C(=O)N2CCCC(CO)C2)c1)c1cnn(C)c1. The first kappa shape index (κ1) is 17.5. The molecule has 2 N–H and O–H groups in total. The summed E-state index contributed by atoms with van der Waals surface area (Å²) in [6.07, 6.45) is 5.77. The third-order valence-electron chi connectivity index (χ3n) is 4.78. The number of nitrogens with zero attached hydrogens (tertiary/aromatic N) is 3. The van der Waals surface area contributed by atoms with Crippen LogP contribution in [-0.2, 0) is 7.05 Å². The van der Waals surface area contributed by atoms with Crippen molar-refractivity contribution in [3.05, 3.63) is 47.8 Å². The van der Waals surface area contributed by atoms with Crippen molar-refractivity contribution in [1.82, 2.24) is 14.7 Å². The zero-order valence-electron chi connectivity index (χ0n) is 14.9. The van der Waals surface area contributed by atoms with Gasteiger partial charge in [0.25, 0.3) is 5.91 Å². The standard InChI is InChI=1S/C19H26N4O2/c1-14(17-10-20-22(2)12-17)21-18-7-3-6-16(9-18)19(25)23-8-4-5-15(11-23)13-24/h3,6-7,9-10,12,14-15,21,24H,4-5,8,11,13H2,1-2H3. The monoisotopic (exact) mass is 342 g/mol. The number of benzene rings is 1. The molecule has 0 bridgehead atoms. The van der Waals surface area contributed by atoms with E-state index >= 15 is 0 Å². The van der Waals surface area contributed by atoms with E-state index in [0.717, 1.165) is 30.6 Å². The quantitative estimate of drug-likeness (QED) is 0.875. The Kier molecular flexibility index (Phi) is 5.38. The molecule has 134 valence electrons. The molecule has 2 aromatic rings. The zero-order valence-corrected chi connectivity index (χ0v) is 14.9. The number of nitrogens with one attached hydrogen (secondary N) is 1. The summed E-state index contributed by atoms with van der Waals surface area (Å²) in [5.41, 5.74) is 2.70. The molecule has 1 aliphatic rings. The molecule has 2 unspecified atom stereocenters. The minimum atomic E-state index is 0.0378. The van der Waals surface area contributed by atoms with Gasteiger partial charge in [-0.3, -0.25) is 9.48 Å². The fourth-order valence-electron chi connectivity index (χ4n) is 3.32. The molecule has 0 radical (unpaired) electrons. The van der Waals surface area contributed by atoms with E-state index in [2.05, 4.69) is 17.3 Å². The summed E-state index contributed by atoms with van der Waals surface area (Å²) in [5.74, 6) is 0.237. The van der Waals surface area contributed by atoms with Crippen molar-refractivity contribution >= 4 is 11.6 Å². The van der Waals surface area contributed by atoms with E-state index in [-0.39, 0.29) is 24.5 Å². The van der Waals surface area contributed by atoms with Crippen LogP contribution in [0.3, 0.4) is 0 Å². The Hall–Kier alpha value is -2.34. The minimum Gasteiger partial charge on any atom is -0.396 e. The fourth-order valence-corrected chi connectivity index (χ4v) is 3.32. The molecule has 1 aromatic heterocycles. The van der Waals surface area contributed by atoms with Crippen molar-refractivity contribution in [2.24, 2.45) is 13.0 Å². The van der Waals surface area contributed by atoms with Crippen LogP contribution in [0.1, 0.15) is 41.7 Å². The van der Waals surface area contributed by atoms with E-state index in [1.807, 2.05) is 48.6 Å². The number of carbonyl (C=O) groups is 1. The Morgan fingerprint density at radius 1 is 1.48 bits per heavy atom. The summed E-state index contributed by atoms with van der Waals surface area (Å²) in [7, 11) is 1.90. The van der Waals surface area contributed by atoms with Crippen LogP contribution in [-0.4, -0.2) is 45.4 Å². The lowest BCUT2D eigenvalue weighted by Crippen LogP contribution is -2.40. The molecule has 2 heterocycles. The Balaban J connectivity index is 1.69. The van der Waals surface area contributed by atoms with Crippen molar-refractivity contribution in [2.75, 3.05) is 25.0 Å². The number of piperidine rings is 1. The molecule has 0 saturated carbocycles. The summed E-state index contributed by atoms with van der Waals surface area (Å²) in [6, 6.07) is 7.73. The fraction of sp³-hybridized carbons (Fsp3) is 0.474. The molecule has 1 fully saturated rings. The number of aromatic nitrogens is 2. The highest BCUT2D eigenvalue weighted by atomic mass is 16.3. The lowest BCUT2D eigenvalue weighted by Gasteiger charge is -2.32. The van der Waals surface area contributed by atoms with Gasteiger partial charge in [-0.2, -0.15) is 5.10 Å². The molecule has 2 atom stereocenters. The van der Waals surface area contributed by atoms with Crippen LogP contribution in [0.25, 0.3) is 0 Å². The number of hydrogen-bond acceptors (Lipinski definition) is 4. The number of rotatable bonds is 5. The van der Waals surface area contributed by atoms with Crippen LogP contribution in [0.4, 0.5) is 5.69 Å². The molecular weight excluding hydrogens is 316 g/mol. The molecule has 1 amide bonds. The van der Waals surface area contributed by atoms with E-state index in [0.29, 0.717) is 12.1 Å². The van der Waals surface area contributed by atoms with Crippen LogP contribution < -0.4 is 5.32 Å². The van der Waals surface area contributed by atoms with Gasteiger partial charge >= 0.3 is 0 Å². The van der Waals surface area contributed by atoms with Gasteiger partial charge in [0.2, 0.25) is 0 Å². The first-order chi connectivity index (χ1) is 12.1. The summed E-state index contributed by atoms with van der Waals surface area (Å²) >= 11 is 0. The Morgan fingerprint density at radius 3 is 3.04 bits per heavy atom. The number of aliphatic hydroxyl groups excluding tert-OH is 1. The molecule has 1 aromatic carbocycles. The van der Waals surface area contributed by atoms with Crippen LogP contribution in [0, 0.1) is 5.92 Å².